The maximum Gasteiger partial charge on any atom is 0.446 e. The van der Waals surface area contributed by atoms with Crippen LogP contribution in [0.4, 0.5) is 18.9 Å². The maximum absolute atomic E-state index is 12.5. The fraction of sp³-hybridized carbons (Fsp3) is 0.333. The van der Waals surface area contributed by atoms with Crippen molar-refractivity contribution in [3.8, 4) is 11.4 Å². The fourth-order valence-corrected chi connectivity index (χ4v) is 3.90. The van der Waals surface area contributed by atoms with Gasteiger partial charge in [0, 0.05) is 47.7 Å². The number of hydrogen-bond acceptors (Lipinski definition) is 7. The fourth-order valence-electron chi connectivity index (χ4n) is 3.36. The second-order valence-corrected chi connectivity index (χ2v) is 7.91. The van der Waals surface area contributed by atoms with Crippen LogP contribution in [-0.2, 0) is 6.54 Å². The molecule has 3 heterocycles. The molecule has 4 rings (SSSR count). The summed E-state index contributed by atoms with van der Waals surface area (Å²) in [7, 11) is 0. The molecular formula is C18H18F3N7S. The lowest BCUT2D eigenvalue weighted by molar-refractivity contribution is -0.0328. The van der Waals surface area contributed by atoms with Crippen LogP contribution in [0.2, 0.25) is 0 Å². The molecule has 0 bridgehead atoms. The van der Waals surface area contributed by atoms with E-state index in [1.54, 1.807) is 24.5 Å². The zero-order valence-electron chi connectivity index (χ0n) is 15.5. The van der Waals surface area contributed by atoms with Gasteiger partial charge in [-0.3, -0.25) is 9.88 Å². The number of nitrogens with one attached hydrogen (secondary N) is 1. The van der Waals surface area contributed by atoms with Crippen LogP contribution in [0, 0.1) is 0 Å². The van der Waals surface area contributed by atoms with Gasteiger partial charge in [0.2, 0.25) is 5.82 Å². The first kappa shape index (κ1) is 19.6. The number of H-pyrrole nitrogens is 1. The molecule has 0 spiro atoms. The summed E-state index contributed by atoms with van der Waals surface area (Å²) in [6.45, 7) is 4.25. The molecule has 1 aromatic carbocycles. The Balaban J connectivity index is 1.46. The first-order chi connectivity index (χ1) is 13.9. The minimum atomic E-state index is -4.28. The van der Waals surface area contributed by atoms with Crippen LogP contribution >= 0.6 is 11.8 Å². The average molecular weight is 421 g/mol. The van der Waals surface area contributed by atoms with Crippen LogP contribution in [0.1, 0.15) is 12.5 Å². The van der Waals surface area contributed by atoms with Gasteiger partial charge in [-0.05, 0) is 59.8 Å². The Morgan fingerprint density at radius 1 is 1.21 bits per heavy atom. The van der Waals surface area contributed by atoms with Crippen LogP contribution < -0.4 is 4.90 Å². The largest absolute Gasteiger partial charge is 0.446 e. The average Bonchev–Trinajstić information content (AvgIpc) is 3.32. The maximum atomic E-state index is 12.5. The molecule has 0 amide bonds. The lowest BCUT2D eigenvalue weighted by Crippen LogP contribution is -2.28. The molecule has 1 atom stereocenters. The number of rotatable bonds is 5. The standard InChI is InChI=1S/C18H18F3N7S/c1-12-9-28(14-2-4-15(5-3-14)29-18(19,20)21)11-27(12)10-13-6-7-22-8-16(13)17-23-25-26-24-17/h2-8,12H,9-11H2,1H3,(H,23,24,25,26). The van der Waals surface area contributed by atoms with Crippen LogP contribution in [0.15, 0.2) is 47.6 Å². The summed E-state index contributed by atoms with van der Waals surface area (Å²) >= 11 is -0.0992. The van der Waals surface area contributed by atoms with E-state index in [1.807, 2.05) is 6.07 Å². The molecule has 7 nitrogen and oxygen atoms in total. The highest BCUT2D eigenvalue weighted by molar-refractivity contribution is 8.00. The lowest BCUT2D eigenvalue weighted by atomic mass is 10.1. The molecule has 2 aromatic heterocycles. The van der Waals surface area contributed by atoms with Crippen LogP contribution in [0.25, 0.3) is 11.4 Å². The number of aromatic amines is 1. The number of pyridine rings is 1. The molecule has 3 aromatic rings. The van der Waals surface area contributed by atoms with Crippen molar-refractivity contribution in [2.24, 2.45) is 0 Å². The molecule has 1 aliphatic rings. The van der Waals surface area contributed by atoms with Gasteiger partial charge in [0.25, 0.3) is 0 Å². The van der Waals surface area contributed by atoms with Crippen LogP contribution in [0.5, 0.6) is 0 Å². The molecule has 0 saturated carbocycles. The van der Waals surface area contributed by atoms with Gasteiger partial charge >= 0.3 is 5.51 Å². The Bertz CT molecular complexity index is 947. The van der Waals surface area contributed by atoms with Crippen molar-refractivity contribution in [1.29, 1.82) is 0 Å². The predicted molar refractivity (Wildman–Crippen MR) is 103 cm³/mol. The summed E-state index contributed by atoms with van der Waals surface area (Å²) in [6, 6.07) is 8.70. The van der Waals surface area contributed by atoms with E-state index in [0.29, 0.717) is 19.0 Å². The predicted octanol–water partition coefficient (Wildman–Crippen LogP) is 3.54. The van der Waals surface area contributed by atoms with Crippen molar-refractivity contribution in [2.75, 3.05) is 18.1 Å². The molecular weight excluding hydrogens is 403 g/mol. The highest BCUT2D eigenvalue weighted by atomic mass is 32.2. The summed E-state index contributed by atoms with van der Waals surface area (Å²) in [5.74, 6) is 0.495. The Hall–Kier alpha value is -2.66. The third kappa shape index (κ3) is 4.67. The Morgan fingerprint density at radius 3 is 2.69 bits per heavy atom. The molecule has 11 heteroatoms. The first-order valence-corrected chi connectivity index (χ1v) is 9.72. The van der Waals surface area contributed by atoms with Crippen molar-refractivity contribution in [2.45, 2.75) is 29.9 Å². The molecule has 0 radical (unpaired) electrons. The second kappa shape index (κ2) is 7.99. The van der Waals surface area contributed by atoms with E-state index < -0.39 is 5.51 Å². The van der Waals surface area contributed by atoms with Gasteiger partial charge in [-0.2, -0.15) is 18.4 Å². The third-order valence-corrected chi connectivity index (χ3v) is 5.51. The molecule has 1 N–H and O–H groups in total. The number of halogens is 3. The number of alkyl halides is 3. The first-order valence-electron chi connectivity index (χ1n) is 8.90. The summed E-state index contributed by atoms with van der Waals surface area (Å²) < 4.78 is 37.5. The molecule has 1 unspecified atom stereocenters. The smallest absolute Gasteiger partial charge is 0.357 e. The van der Waals surface area contributed by atoms with Crippen molar-refractivity contribution >= 4 is 17.4 Å². The zero-order valence-corrected chi connectivity index (χ0v) is 16.3. The third-order valence-electron chi connectivity index (χ3n) is 4.77. The summed E-state index contributed by atoms with van der Waals surface area (Å²) in [5, 5.41) is 14.1. The molecule has 1 saturated heterocycles. The zero-order chi connectivity index (χ0) is 20.4. The van der Waals surface area contributed by atoms with E-state index in [9.17, 15) is 13.2 Å². The van der Waals surface area contributed by atoms with E-state index >= 15 is 0 Å². The van der Waals surface area contributed by atoms with Crippen LogP contribution in [-0.4, -0.2) is 55.3 Å². The summed E-state index contributed by atoms with van der Waals surface area (Å²) in [5.41, 5.74) is -1.52. The molecule has 0 aliphatic carbocycles. The van der Waals surface area contributed by atoms with Gasteiger partial charge < -0.3 is 4.90 Å². The highest BCUT2D eigenvalue weighted by Crippen LogP contribution is 2.37. The number of nitrogens with zero attached hydrogens (tertiary/aromatic N) is 6. The Morgan fingerprint density at radius 2 is 2.00 bits per heavy atom. The van der Waals surface area contributed by atoms with Gasteiger partial charge in [-0.25, -0.2) is 0 Å². The van der Waals surface area contributed by atoms with E-state index in [-0.39, 0.29) is 22.7 Å². The minimum absolute atomic E-state index is 0.0992. The number of aromatic nitrogens is 5. The number of hydrogen-bond donors (Lipinski definition) is 1. The SMILES string of the molecule is CC1CN(c2ccc(SC(F)(F)F)cc2)CN1Cc1ccncc1-c1nn[nH]n1. The van der Waals surface area contributed by atoms with Gasteiger partial charge in [-0.1, -0.05) is 0 Å². The normalized spacial score (nSPS) is 17.8. The van der Waals surface area contributed by atoms with E-state index in [1.165, 1.54) is 12.1 Å². The lowest BCUT2D eigenvalue weighted by Gasteiger charge is -2.22. The van der Waals surface area contributed by atoms with Gasteiger partial charge in [0.05, 0.1) is 6.67 Å². The van der Waals surface area contributed by atoms with Crippen molar-refractivity contribution in [3.63, 3.8) is 0 Å². The summed E-state index contributed by atoms with van der Waals surface area (Å²) in [6.07, 6.45) is 3.45. The van der Waals surface area contributed by atoms with Crippen molar-refractivity contribution in [1.82, 2.24) is 30.5 Å². The highest BCUT2D eigenvalue weighted by Gasteiger charge is 2.30. The summed E-state index contributed by atoms with van der Waals surface area (Å²) in [4.78, 5) is 8.79. The molecule has 1 aliphatic heterocycles. The number of anilines is 1. The van der Waals surface area contributed by atoms with Crippen molar-refractivity contribution in [3.05, 3.63) is 48.3 Å². The molecule has 1 fully saturated rings. The van der Waals surface area contributed by atoms with E-state index in [0.717, 1.165) is 23.4 Å². The number of thioether (sulfide) groups is 1. The van der Waals surface area contributed by atoms with Gasteiger partial charge in [-0.15, -0.1) is 10.2 Å². The minimum Gasteiger partial charge on any atom is -0.357 e. The van der Waals surface area contributed by atoms with Gasteiger partial charge in [0.15, 0.2) is 0 Å². The quantitative estimate of drug-likeness (QED) is 0.632. The van der Waals surface area contributed by atoms with Crippen molar-refractivity contribution < 1.29 is 13.2 Å². The number of benzene rings is 1. The molecule has 29 heavy (non-hydrogen) atoms. The monoisotopic (exact) mass is 421 g/mol. The topological polar surface area (TPSA) is 73.8 Å². The second-order valence-electron chi connectivity index (χ2n) is 6.77. The van der Waals surface area contributed by atoms with Crippen LogP contribution in [0.3, 0.4) is 0 Å². The Labute approximate surface area is 169 Å². The van der Waals surface area contributed by atoms with Gasteiger partial charge in [0.1, 0.15) is 0 Å². The van der Waals surface area contributed by atoms with E-state index in [4.69, 9.17) is 0 Å². The molecule has 152 valence electrons. The number of tetrazole rings is 1. The Kier molecular flexibility index (Phi) is 5.41. The van der Waals surface area contributed by atoms with E-state index in [2.05, 4.69) is 42.3 Å².